The van der Waals surface area contributed by atoms with Crippen LogP contribution in [0.1, 0.15) is 15.9 Å². The average Bonchev–Trinajstić information content (AvgIpc) is 2.39. The molecule has 0 saturated carbocycles. The molecule has 2 rings (SSSR count). The fourth-order valence-corrected chi connectivity index (χ4v) is 2.64. The minimum atomic E-state index is 0.371. The summed E-state index contributed by atoms with van der Waals surface area (Å²) < 4.78 is 6.30. The van der Waals surface area contributed by atoms with Crippen molar-refractivity contribution in [3.8, 4) is 5.75 Å². The SMILES string of the molecule is O=Cc1cc(Cl)c(OCc2ccc(Cl)cc2)c(Br)c1. The summed E-state index contributed by atoms with van der Waals surface area (Å²) >= 11 is 15.2. The van der Waals surface area contributed by atoms with E-state index in [0.29, 0.717) is 32.4 Å². The van der Waals surface area contributed by atoms with Crippen LogP contribution in [-0.2, 0) is 6.61 Å². The van der Waals surface area contributed by atoms with Gasteiger partial charge in [0.05, 0.1) is 9.50 Å². The molecular formula is C14H9BrCl2O2. The van der Waals surface area contributed by atoms with E-state index in [0.717, 1.165) is 11.8 Å². The van der Waals surface area contributed by atoms with E-state index in [9.17, 15) is 4.79 Å². The Balaban J connectivity index is 2.15. The van der Waals surface area contributed by atoms with E-state index in [1.54, 1.807) is 24.3 Å². The Morgan fingerprint density at radius 2 is 1.84 bits per heavy atom. The molecule has 19 heavy (non-hydrogen) atoms. The average molecular weight is 360 g/mol. The van der Waals surface area contributed by atoms with Gasteiger partial charge in [-0.15, -0.1) is 0 Å². The molecule has 0 bridgehead atoms. The number of halogens is 3. The van der Waals surface area contributed by atoms with E-state index < -0.39 is 0 Å². The lowest BCUT2D eigenvalue weighted by molar-refractivity contribution is 0.112. The largest absolute Gasteiger partial charge is 0.486 e. The monoisotopic (exact) mass is 358 g/mol. The maximum absolute atomic E-state index is 10.7. The van der Waals surface area contributed by atoms with Gasteiger partial charge in [-0.1, -0.05) is 35.3 Å². The first-order chi connectivity index (χ1) is 9.10. The van der Waals surface area contributed by atoms with Crippen molar-refractivity contribution in [3.05, 3.63) is 62.0 Å². The first-order valence-corrected chi connectivity index (χ1v) is 6.96. The van der Waals surface area contributed by atoms with E-state index in [2.05, 4.69) is 15.9 Å². The van der Waals surface area contributed by atoms with Gasteiger partial charge in [0.1, 0.15) is 12.9 Å². The fourth-order valence-electron chi connectivity index (χ4n) is 1.52. The normalized spacial score (nSPS) is 10.3. The Labute approximate surface area is 129 Å². The van der Waals surface area contributed by atoms with Gasteiger partial charge in [0, 0.05) is 10.6 Å². The van der Waals surface area contributed by atoms with Gasteiger partial charge in [-0.25, -0.2) is 0 Å². The van der Waals surface area contributed by atoms with Crippen LogP contribution >= 0.6 is 39.1 Å². The molecular weight excluding hydrogens is 351 g/mol. The molecule has 5 heteroatoms. The van der Waals surface area contributed by atoms with Gasteiger partial charge in [0.2, 0.25) is 0 Å². The maximum Gasteiger partial charge on any atom is 0.152 e. The molecule has 0 aliphatic carbocycles. The second-order valence-electron chi connectivity index (χ2n) is 3.85. The molecule has 0 amide bonds. The Morgan fingerprint density at radius 3 is 2.42 bits per heavy atom. The fraction of sp³-hybridized carbons (Fsp3) is 0.0714. The van der Waals surface area contributed by atoms with Crippen molar-refractivity contribution >= 4 is 45.4 Å². The lowest BCUT2D eigenvalue weighted by Gasteiger charge is -2.10. The van der Waals surface area contributed by atoms with E-state index in [-0.39, 0.29) is 0 Å². The number of hydrogen-bond acceptors (Lipinski definition) is 2. The van der Waals surface area contributed by atoms with Crippen LogP contribution in [0, 0.1) is 0 Å². The first-order valence-electron chi connectivity index (χ1n) is 5.41. The van der Waals surface area contributed by atoms with Crippen LogP contribution in [0.15, 0.2) is 40.9 Å². The summed E-state index contributed by atoms with van der Waals surface area (Å²) in [6.45, 7) is 0.371. The standard InChI is InChI=1S/C14H9BrCl2O2/c15-12-5-10(7-18)6-13(17)14(12)19-8-9-1-3-11(16)4-2-9/h1-7H,8H2. The first kappa shape index (κ1) is 14.4. The Kier molecular flexibility index (Phi) is 4.86. The van der Waals surface area contributed by atoms with Crippen molar-refractivity contribution in [1.29, 1.82) is 0 Å². The molecule has 0 atom stereocenters. The summed E-state index contributed by atoms with van der Waals surface area (Å²) in [7, 11) is 0. The molecule has 98 valence electrons. The van der Waals surface area contributed by atoms with Gasteiger partial charge in [-0.2, -0.15) is 0 Å². The predicted molar refractivity (Wildman–Crippen MR) is 80.3 cm³/mol. The van der Waals surface area contributed by atoms with Crippen LogP contribution in [0.4, 0.5) is 0 Å². The maximum atomic E-state index is 10.7. The van der Waals surface area contributed by atoms with Gasteiger partial charge >= 0.3 is 0 Å². The van der Waals surface area contributed by atoms with Crippen molar-refractivity contribution in [2.75, 3.05) is 0 Å². The number of carbonyl (C=O) groups excluding carboxylic acids is 1. The molecule has 2 aromatic rings. The van der Waals surface area contributed by atoms with Crippen LogP contribution in [0.5, 0.6) is 5.75 Å². The van der Waals surface area contributed by atoms with Crippen molar-refractivity contribution in [3.63, 3.8) is 0 Å². The van der Waals surface area contributed by atoms with Gasteiger partial charge in [-0.05, 0) is 45.8 Å². The van der Waals surface area contributed by atoms with Gasteiger partial charge in [0.15, 0.2) is 5.75 Å². The molecule has 0 aliphatic heterocycles. The second kappa shape index (κ2) is 6.42. The molecule has 0 aromatic heterocycles. The summed E-state index contributed by atoms with van der Waals surface area (Å²) in [6, 6.07) is 10.6. The van der Waals surface area contributed by atoms with Crippen LogP contribution < -0.4 is 4.74 Å². The molecule has 2 nitrogen and oxygen atoms in total. The highest BCUT2D eigenvalue weighted by Crippen LogP contribution is 2.34. The van der Waals surface area contributed by atoms with Crippen LogP contribution in [0.25, 0.3) is 0 Å². The third-order valence-corrected chi connectivity index (χ3v) is 3.57. The van der Waals surface area contributed by atoms with E-state index in [4.69, 9.17) is 27.9 Å². The van der Waals surface area contributed by atoms with Gasteiger partial charge < -0.3 is 4.74 Å². The third-order valence-electron chi connectivity index (χ3n) is 2.45. The molecule has 0 spiro atoms. The third kappa shape index (κ3) is 3.72. The van der Waals surface area contributed by atoms with Crippen molar-refractivity contribution in [2.45, 2.75) is 6.61 Å². The zero-order valence-electron chi connectivity index (χ0n) is 9.70. The lowest BCUT2D eigenvalue weighted by Crippen LogP contribution is -1.97. The number of aldehydes is 1. The molecule has 0 heterocycles. The van der Waals surface area contributed by atoms with Gasteiger partial charge in [-0.3, -0.25) is 4.79 Å². The van der Waals surface area contributed by atoms with Crippen molar-refractivity contribution < 1.29 is 9.53 Å². The van der Waals surface area contributed by atoms with E-state index in [1.165, 1.54) is 0 Å². The summed E-state index contributed by atoms with van der Waals surface area (Å²) in [5.74, 6) is 0.516. The highest BCUT2D eigenvalue weighted by molar-refractivity contribution is 9.10. The molecule has 0 unspecified atom stereocenters. The smallest absolute Gasteiger partial charge is 0.152 e. The highest BCUT2D eigenvalue weighted by atomic mass is 79.9. The number of hydrogen-bond donors (Lipinski definition) is 0. The van der Waals surface area contributed by atoms with E-state index in [1.807, 2.05) is 12.1 Å². The summed E-state index contributed by atoms with van der Waals surface area (Å²) in [4.78, 5) is 10.7. The Hall–Kier alpha value is -1.03. The topological polar surface area (TPSA) is 26.3 Å². The highest BCUT2D eigenvalue weighted by Gasteiger charge is 2.09. The minimum absolute atomic E-state index is 0.371. The summed E-state index contributed by atoms with van der Waals surface area (Å²) in [5, 5.41) is 1.07. The number of ether oxygens (including phenoxy) is 1. The molecule has 0 saturated heterocycles. The zero-order valence-corrected chi connectivity index (χ0v) is 12.8. The number of rotatable bonds is 4. The number of carbonyl (C=O) groups is 1. The lowest BCUT2D eigenvalue weighted by atomic mass is 10.2. The Bertz CT molecular complexity index is 574. The molecule has 2 aromatic carbocycles. The Morgan fingerprint density at radius 1 is 1.16 bits per heavy atom. The second-order valence-corrected chi connectivity index (χ2v) is 5.54. The van der Waals surface area contributed by atoms with Crippen LogP contribution in [-0.4, -0.2) is 6.29 Å². The van der Waals surface area contributed by atoms with Gasteiger partial charge in [0.25, 0.3) is 0 Å². The predicted octanol–water partition coefficient (Wildman–Crippen LogP) is 5.15. The molecule has 0 N–H and O–H groups in total. The minimum Gasteiger partial charge on any atom is -0.486 e. The quantitative estimate of drug-likeness (QED) is 0.706. The molecule has 0 fully saturated rings. The van der Waals surface area contributed by atoms with E-state index >= 15 is 0 Å². The zero-order chi connectivity index (χ0) is 13.8. The van der Waals surface area contributed by atoms with Crippen molar-refractivity contribution in [1.82, 2.24) is 0 Å². The summed E-state index contributed by atoms with van der Waals surface area (Å²) in [6.07, 6.45) is 0.736. The van der Waals surface area contributed by atoms with Crippen molar-refractivity contribution in [2.24, 2.45) is 0 Å². The van der Waals surface area contributed by atoms with Crippen LogP contribution in [0.2, 0.25) is 10.0 Å². The van der Waals surface area contributed by atoms with Crippen LogP contribution in [0.3, 0.4) is 0 Å². The molecule has 0 aliphatic rings. The molecule has 0 radical (unpaired) electrons. The summed E-state index contributed by atoms with van der Waals surface area (Å²) in [5.41, 5.74) is 1.47. The number of benzene rings is 2.